The summed E-state index contributed by atoms with van der Waals surface area (Å²) in [6.45, 7) is 4.30. The summed E-state index contributed by atoms with van der Waals surface area (Å²) in [6, 6.07) is 6.99. The molecule has 0 aliphatic carbocycles. The van der Waals surface area contributed by atoms with E-state index >= 15 is 0 Å². The lowest BCUT2D eigenvalue weighted by Crippen LogP contribution is -2.29. The van der Waals surface area contributed by atoms with Gasteiger partial charge in [0.05, 0.1) is 12.2 Å². The van der Waals surface area contributed by atoms with Crippen molar-refractivity contribution in [2.75, 3.05) is 13.1 Å². The molecule has 2 heterocycles. The van der Waals surface area contributed by atoms with E-state index in [1.54, 1.807) is 0 Å². The summed E-state index contributed by atoms with van der Waals surface area (Å²) >= 11 is 3.54. The van der Waals surface area contributed by atoms with Crippen LogP contribution in [-0.4, -0.2) is 22.9 Å². The number of hydrogen-bond donors (Lipinski definition) is 1. The molecular formula is C15H18BrN3. The average Bonchev–Trinajstić information content (AvgIpc) is 2.93. The highest BCUT2D eigenvalue weighted by atomic mass is 79.9. The summed E-state index contributed by atoms with van der Waals surface area (Å²) in [4.78, 5) is 0. The number of halogens is 1. The molecule has 1 aliphatic rings. The van der Waals surface area contributed by atoms with Gasteiger partial charge in [0.1, 0.15) is 0 Å². The molecule has 1 aromatic heterocycles. The fourth-order valence-electron chi connectivity index (χ4n) is 2.58. The van der Waals surface area contributed by atoms with Crippen LogP contribution in [0, 0.1) is 6.92 Å². The Hall–Kier alpha value is -1.13. The molecule has 0 amide bonds. The zero-order valence-electron chi connectivity index (χ0n) is 11.1. The van der Waals surface area contributed by atoms with Crippen molar-refractivity contribution in [3.05, 3.63) is 40.6 Å². The number of aryl methyl sites for hydroxylation is 1. The largest absolute Gasteiger partial charge is 0.317 e. The lowest BCUT2D eigenvalue weighted by atomic mass is 10.1. The highest BCUT2D eigenvalue weighted by Crippen LogP contribution is 2.26. The third-order valence-electron chi connectivity index (χ3n) is 3.78. The Bertz CT molecular complexity index is 571. The van der Waals surface area contributed by atoms with E-state index in [9.17, 15) is 0 Å². The van der Waals surface area contributed by atoms with E-state index in [4.69, 9.17) is 0 Å². The molecule has 0 saturated carbocycles. The van der Waals surface area contributed by atoms with Crippen LogP contribution < -0.4 is 5.32 Å². The summed E-state index contributed by atoms with van der Waals surface area (Å²) in [5.41, 5.74) is 3.70. The molecule has 0 bridgehead atoms. The Morgan fingerprint density at radius 2 is 2.05 bits per heavy atom. The molecule has 0 radical (unpaired) electrons. The number of hydrogen-bond acceptors (Lipinski definition) is 2. The maximum absolute atomic E-state index is 4.55. The highest BCUT2D eigenvalue weighted by Gasteiger charge is 2.16. The number of nitrogens with one attached hydrogen (secondary N) is 1. The van der Waals surface area contributed by atoms with Gasteiger partial charge in [0.25, 0.3) is 0 Å². The Kier molecular flexibility index (Phi) is 3.71. The molecule has 100 valence electrons. The van der Waals surface area contributed by atoms with Crippen LogP contribution in [0.5, 0.6) is 0 Å². The first-order valence-electron chi connectivity index (χ1n) is 6.75. The Morgan fingerprint density at radius 1 is 1.26 bits per heavy atom. The van der Waals surface area contributed by atoms with Gasteiger partial charge < -0.3 is 5.32 Å². The highest BCUT2D eigenvalue weighted by molar-refractivity contribution is 9.10. The van der Waals surface area contributed by atoms with Crippen LogP contribution in [0.1, 0.15) is 24.4 Å². The quantitative estimate of drug-likeness (QED) is 0.917. The zero-order chi connectivity index (χ0) is 13.2. The second-order valence-corrected chi connectivity index (χ2v) is 6.01. The molecule has 1 N–H and O–H groups in total. The third kappa shape index (κ3) is 2.74. The lowest BCUT2D eigenvalue weighted by Gasteiger charge is -2.22. The number of aromatic nitrogens is 2. The van der Waals surface area contributed by atoms with Crippen LogP contribution in [0.15, 0.2) is 35.1 Å². The van der Waals surface area contributed by atoms with Crippen molar-refractivity contribution >= 4 is 15.9 Å². The summed E-state index contributed by atoms with van der Waals surface area (Å²) in [5, 5.41) is 7.94. The first-order valence-corrected chi connectivity index (χ1v) is 7.55. The molecule has 2 aromatic rings. The van der Waals surface area contributed by atoms with Crippen LogP contribution in [0.4, 0.5) is 0 Å². The number of rotatable bonds is 2. The first kappa shape index (κ1) is 12.9. The minimum atomic E-state index is 0.548. The van der Waals surface area contributed by atoms with Crippen LogP contribution in [-0.2, 0) is 0 Å². The summed E-state index contributed by atoms with van der Waals surface area (Å²) in [7, 11) is 0. The van der Waals surface area contributed by atoms with E-state index in [0.717, 1.165) is 17.6 Å². The fraction of sp³-hybridized carbons (Fsp3) is 0.400. The van der Waals surface area contributed by atoms with Crippen LogP contribution in [0.3, 0.4) is 0 Å². The monoisotopic (exact) mass is 319 g/mol. The van der Waals surface area contributed by atoms with Crippen molar-refractivity contribution in [1.82, 2.24) is 15.1 Å². The van der Waals surface area contributed by atoms with Crippen LogP contribution in [0.25, 0.3) is 11.1 Å². The van der Waals surface area contributed by atoms with Gasteiger partial charge in [0.15, 0.2) is 0 Å². The SMILES string of the molecule is Cc1cc(-c2cnn(C3CCNCC3)c2)ccc1Br. The summed E-state index contributed by atoms with van der Waals surface area (Å²) in [5.74, 6) is 0. The van der Waals surface area contributed by atoms with Crippen LogP contribution in [0.2, 0.25) is 0 Å². The van der Waals surface area contributed by atoms with E-state index in [1.165, 1.54) is 29.5 Å². The number of nitrogens with zero attached hydrogens (tertiary/aromatic N) is 2. The van der Waals surface area contributed by atoms with Crippen molar-refractivity contribution in [3.63, 3.8) is 0 Å². The van der Waals surface area contributed by atoms with E-state index in [-0.39, 0.29) is 0 Å². The van der Waals surface area contributed by atoms with Gasteiger partial charge in [-0.05, 0) is 50.0 Å². The normalized spacial score (nSPS) is 16.7. The molecule has 0 unspecified atom stereocenters. The predicted octanol–water partition coefficient (Wildman–Crippen LogP) is 3.55. The molecule has 0 spiro atoms. The zero-order valence-corrected chi connectivity index (χ0v) is 12.7. The van der Waals surface area contributed by atoms with Gasteiger partial charge in [-0.25, -0.2) is 0 Å². The molecular weight excluding hydrogens is 302 g/mol. The Balaban J connectivity index is 1.85. The second kappa shape index (κ2) is 5.47. The van der Waals surface area contributed by atoms with Gasteiger partial charge in [0, 0.05) is 16.2 Å². The molecule has 19 heavy (non-hydrogen) atoms. The Labute approximate surface area is 122 Å². The second-order valence-electron chi connectivity index (χ2n) is 5.15. The maximum atomic E-state index is 4.55. The van der Waals surface area contributed by atoms with Gasteiger partial charge in [0.2, 0.25) is 0 Å². The van der Waals surface area contributed by atoms with Gasteiger partial charge >= 0.3 is 0 Å². The number of piperidine rings is 1. The first-order chi connectivity index (χ1) is 9.24. The van der Waals surface area contributed by atoms with E-state index < -0.39 is 0 Å². The van der Waals surface area contributed by atoms with Crippen molar-refractivity contribution < 1.29 is 0 Å². The van der Waals surface area contributed by atoms with Gasteiger partial charge in [-0.3, -0.25) is 4.68 Å². The van der Waals surface area contributed by atoms with Crippen molar-refractivity contribution in [1.29, 1.82) is 0 Å². The number of benzene rings is 1. The fourth-order valence-corrected chi connectivity index (χ4v) is 2.83. The van der Waals surface area contributed by atoms with Gasteiger partial charge in [-0.2, -0.15) is 5.10 Å². The standard InChI is InChI=1S/C15H18BrN3/c1-11-8-12(2-3-15(11)16)13-9-18-19(10-13)14-4-6-17-7-5-14/h2-3,8-10,14,17H,4-7H2,1H3. The van der Waals surface area contributed by atoms with E-state index in [1.807, 2.05) is 6.20 Å². The molecule has 1 aromatic carbocycles. The predicted molar refractivity (Wildman–Crippen MR) is 81.2 cm³/mol. The topological polar surface area (TPSA) is 29.9 Å². The van der Waals surface area contributed by atoms with Gasteiger partial charge in [-0.15, -0.1) is 0 Å². The molecule has 1 fully saturated rings. The summed E-state index contributed by atoms with van der Waals surface area (Å²) in [6.07, 6.45) is 6.49. The van der Waals surface area contributed by atoms with Crippen molar-refractivity contribution in [2.45, 2.75) is 25.8 Å². The van der Waals surface area contributed by atoms with E-state index in [0.29, 0.717) is 6.04 Å². The van der Waals surface area contributed by atoms with Gasteiger partial charge in [-0.1, -0.05) is 28.1 Å². The molecule has 0 atom stereocenters. The third-order valence-corrected chi connectivity index (χ3v) is 4.67. The minimum Gasteiger partial charge on any atom is -0.317 e. The molecule has 1 saturated heterocycles. The smallest absolute Gasteiger partial charge is 0.0568 e. The summed E-state index contributed by atoms with van der Waals surface area (Å²) < 4.78 is 3.29. The molecule has 3 nitrogen and oxygen atoms in total. The lowest BCUT2D eigenvalue weighted by molar-refractivity contribution is 0.343. The van der Waals surface area contributed by atoms with E-state index in [2.05, 4.69) is 62.3 Å². The van der Waals surface area contributed by atoms with Crippen molar-refractivity contribution in [3.8, 4) is 11.1 Å². The molecule has 1 aliphatic heterocycles. The minimum absolute atomic E-state index is 0.548. The van der Waals surface area contributed by atoms with Crippen molar-refractivity contribution in [2.24, 2.45) is 0 Å². The Morgan fingerprint density at radius 3 is 2.79 bits per heavy atom. The maximum Gasteiger partial charge on any atom is 0.0568 e. The molecule has 4 heteroatoms. The average molecular weight is 320 g/mol. The van der Waals surface area contributed by atoms with Crippen LogP contribution >= 0.6 is 15.9 Å². The molecule has 3 rings (SSSR count).